The van der Waals surface area contributed by atoms with Gasteiger partial charge >= 0.3 is 0 Å². The molecule has 0 saturated heterocycles. The zero-order valence-electron chi connectivity index (χ0n) is 10.6. The van der Waals surface area contributed by atoms with Gasteiger partial charge in [0.2, 0.25) is 0 Å². The van der Waals surface area contributed by atoms with E-state index in [-0.39, 0.29) is 0 Å². The Kier molecular flexibility index (Phi) is 4.38. The Balaban J connectivity index is 2.85. The molecule has 20 heavy (non-hydrogen) atoms. The number of allylic oxidation sites excluding steroid dienone is 1. The summed E-state index contributed by atoms with van der Waals surface area (Å²) in [4.78, 5) is 15.7. The molecule has 2 rings (SSSR count). The summed E-state index contributed by atoms with van der Waals surface area (Å²) < 4.78 is 0. The lowest BCUT2D eigenvalue weighted by Gasteiger charge is -2.07. The molecule has 1 aromatic heterocycles. The number of pyridine rings is 1. The van der Waals surface area contributed by atoms with Crippen LogP contribution in [0.25, 0.3) is 23.9 Å². The smallest absolute Gasteiger partial charge is 0.152 e. The molecule has 0 bridgehead atoms. The van der Waals surface area contributed by atoms with E-state index in [9.17, 15) is 4.79 Å². The van der Waals surface area contributed by atoms with Crippen molar-refractivity contribution in [2.75, 3.05) is 0 Å². The molecule has 1 aromatic carbocycles. The maximum absolute atomic E-state index is 11.2. The number of aromatic nitrogens is 1. The lowest BCUT2D eigenvalue weighted by molar-refractivity contribution is 0.112. The SMILES string of the molecule is C=C/C=c1/nc(-c2cc(Cl)ccc2Cl)c(C=O)cc1=C. The molecule has 0 saturated carbocycles. The van der Waals surface area contributed by atoms with Crippen molar-refractivity contribution in [2.45, 2.75) is 0 Å². The lowest BCUT2D eigenvalue weighted by Crippen LogP contribution is -2.28. The van der Waals surface area contributed by atoms with E-state index in [4.69, 9.17) is 23.2 Å². The maximum atomic E-state index is 11.2. The monoisotopic (exact) mass is 303 g/mol. The van der Waals surface area contributed by atoms with Crippen molar-refractivity contribution < 1.29 is 4.79 Å². The highest BCUT2D eigenvalue weighted by molar-refractivity contribution is 6.35. The summed E-state index contributed by atoms with van der Waals surface area (Å²) in [6.07, 6.45) is 4.06. The highest BCUT2D eigenvalue weighted by atomic mass is 35.5. The fraction of sp³-hybridized carbons (Fsp3) is 0. The average molecular weight is 304 g/mol. The van der Waals surface area contributed by atoms with Gasteiger partial charge < -0.3 is 0 Å². The summed E-state index contributed by atoms with van der Waals surface area (Å²) in [5, 5.41) is 2.29. The number of halogens is 2. The average Bonchev–Trinajstić information content (AvgIpc) is 2.43. The molecule has 100 valence electrons. The molecule has 0 amide bonds. The molecule has 4 heteroatoms. The van der Waals surface area contributed by atoms with Crippen molar-refractivity contribution in [1.29, 1.82) is 0 Å². The van der Waals surface area contributed by atoms with Crippen LogP contribution in [0.1, 0.15) is 10.4 Å². The van der Waals surface area contributed by atoms with E-state index >= 15 is 0 Å². The van der Waals surface area contributed by atoms with Crippen molar-refractivity contribution in [2.24, 2.45) is 0 Å². The first-order valence-corrected chi connectivity index (χ1v) is 6.55. The largest absolute Gasteiger partial charge is 0.298 e. The fourth-order valence-corrected chi connectivity index (χ4v) is 2.21. The number of nitrogens with zero attached hydrogens (tertiary/aromatic N) is 1. The van der Waals surface area contributed by atoms with E-state index < -0.39 is 0 Å². The first-order valence-electron chi connectivity index (χ1n) is 5.80. The van der Waals surface area contributed by atoms with Crippen LogP contribution in [0, 0.1) is 0 Å². The van der Waals surface area contributed by atoms with E-state index in [0.717, 1.165) is 6.29 Å². The zero-order chi connectivity index (χ0) is 14.7. The summed E-state index contributed by atoms with van der Waals surface area (Å²) in [5.74, 6) is 0. The molecule has 1 heterocycles. The summed E-state index contributed by atoms with van der Waals surface area (Å²) in [6.45, 7) is 7.50. The zero-order valence-corrected chi connectivity index (χ0v) is 12.1. The Morgan fingerprint density at radius 1 is 1.20 bits per heavy atom. The van der Waals surface area contributed by atoms with Crippen molar-refractivity contribution in [3.8, 4) is 11.3 Å². The quantitative estimate of drug-likeness (QED) is 0.815. The molecule has 0 atom stereocenters. The van der Waals surface area contributed by atoms with Crippen molar-refractivity contribution in [3.05, 3.63) is 63.1 Å². The molecule has 0 radical (unpaired) electrons. The van der Waals surface area contributed by atoms with Crippen molar-refractivity contribution in [1.82, 2.24) is 4.98 Å². The number of hydrogen-bond acceptors (Lipinski definition) is 2. The van der Waals surface area contributed by atoms with Crippen LogP contribution in [0.5, 0.6) is 0 Å². The van der Waals surface area contributed by atoms with Gasteiger partial charge in [-0.2, -0.15) is 0 Å². The normalized spacial score (nSPS) is 11.4. The number of benzene rings is 1. The van der Waals surface area contributed by atoms with Gasteiger partial charge in [-0.15, -0.1) is 0 Å². The molecule has 0 fully saturated rings. The van der Waals surface area contributed by atoms with Gasteiger partial charge in [-0.1, -0.05) is 42.4 Å². The number of rotatable bonds is 3. The highest BCUT2D eigenvalue weighted by Gasteiger charge is 2.11. The van der Waals surface area contributed by atoms with E-state index in [2.05, 4.69) is 18.1 Å². The first kappa shape index (κ1) is 14.5. The van der Waals surface area contributed by atoms with Gasteiger partial charge in [0.05, 0.1) is 16.1 Å². The summed E-state index contributed by atoms with van der Waals surface area (Å²) in [6, 6.07) is 6.70. The molecule has 0 aliphatic rings. The summed E-state index contributed by atoms with van der Waals surface area (Å²) in [5.41, 5.74) is 1.51. The van der Waals surface area contributed by atoms with Gasteiger partial charge in [0.25, 0.3) is 0 Å². The second-order valence-electron chi connectivity index (χ2n) is 4.11. The molecular formula is C16H11Cl2NO. The van der Waals surface area contributed by atoms with Gasteiger partial charge in [-0.05, 0) is 35.6 Å². The van der Waals surface area contributed by atoms with Crippen LogP contribution in [-0.2, 0) is 0 Å². The third-order valence-corrected chi connectivity index (χ3v) is 3.32. The Morgan fingerprint density at radius 2 is 1.95 bits per heavy atom. The van der Waals surface area contributed by atoms with E-state index in [1.54, 1.807) is 36.4 Å². The van der Waals surface area contributed by atoms with Crippen LogP contribution in [0.2, 0.25) is 10.0 Å². The molecular weight excluding hydrogens is 293 g/mol. The van der Waals surface area contributed by atoms with Crippen LogP contribution >= 0.6 is 23.2 Å². The molecule has 0 N–H and O–H groups in total. The predicted octanol–water partition coefficient (Wildman–Crippen LogP) is 3.24. The number of aldehydes is 1. The minimum absolute atomic E-state index is 0.417. The van der Waals surface area contributed by atoms with Crippen molar-refractivity contribution in [3.63, 3.8) is 0 Å². The Bertz CT molecular complexity index is 797. The van der Waals surface area contributed by atoms with Gasteiger partial charge in [0.1, 0.15) is 0 Å². The van der Waals surface area contributed by atoms with Crippen LogP contribution in [0.4, 0.5) is 0 Å². The predicted molar refractivity (Wildman–Crippen MR) is 84.5 cm³/mol. The minimum atomic E-state index is 0.417. The third kappa shape index (κ3) is 2.82. The fourth-order valence-electron chi connectivity index (χ4n) is 1.83. The van der Waals surface area contributed by atoms with Crippen LogP contribution in [-0.4, -0.2) is 11.3 Å². The van der Waals surface area contributed by atoms with Gasteiger partial charge in [-0.25, -0.2) is 4.98 Å². The molecule has 0 unspecified atom stereocenters. The molecule has 2 nitrogen and oxygen atoms in total. The van der Waals surface area contributed by atoms with E-state index in [1.165, 1.54) is 0 Å². The molecule has 2 aromatic rings. The first-order chi connectivity index (χ1) is 9.56. The van der Waals surface area contributed by atoms with Crippen LogP contribution in [0.3, 0.4) is 0 Å². The number of hydrogen-bond donors (Lipinski definition) is 0. The van der Waals surface area contributed by atoms with E-state index in [1.807, 2.05) is 0 Å². The highest BCUT2D eigenvalue weighted by Crippen LogP contribution is 2.29. The van der Waals surface area contributed by atoms with Gasteiger partial charge in [0.15, 0.2) is 6.29 Å². The third-order valence-electron chi connectivity index (χ3n) is 2.75. The molecule has 0 spiro atoms. The Morgan fingerprint density at radius 3 is 2.60 bits per heavy atom. The molecule has 0 aliphatic heterocycles. The van der Waals surface area contributed by atoms with Crippen LogP contribution < -0.4 is 10.6 Å². The Hall–Kier alpha value is -1.90. The van der Waals surface area contributed by atoms with Crippen molar-refractivity contribution >= 4 is 42.1 Å². The molecule has 0 aliphatic carbocycles. The second kappa shape index (κ2) is 6.04. The van der Waals surface area contributed by atoms with Crippen LogP contribution in [0.15, 0.2) is 36.9 Å². The minimum Gasteiger partial charge on any atom is -0.298 e. The van der Waals surface area contributed by atoms with E-state index in [0.29, 0.717) is 37.4 Å². The standard InChI is InChI=1S/C16H11Cl2NO/c1-3-4-15-10(2)7-11(9-20)16(19-15)13-8-12(17)5-6-14(13)18/h3-9H,1-2H2/b15-4+. The summed E-state index contributed by atoms with van der Waals surface area (Å²) in [7, 11) is 0. The van der Waals surface area contributed by atoms with Gasteiger partial charge in [0, 0.05) is 16.1 Å². The van der Waals surface area contributed by atoms with Gasteiger partial charge in [-0.3, -0.25) is 4.79 Å². The topological polar surface area (TPSA) is 30.0 Å². The summed E-state index contributed by atoms with van der Waals surface area (Å²) >= 11 is 12.2. The second-order valence-corrected chi connectivity index (χ2v) is 4.96. The number of carbonyl (C=O) groups is 1. The maximum Gasteiger partial charge on any atom is 0.152 e. The number of carbonyl (C=O) groups excluding carboxylic acids is 1. The lowest BCUT2D eigenvalue weighted by atomic mass is 10.1. The Labute approximate surface area is 126 Å².